The van der Waals surface area contributed by atoms with Crippen LogP contribution in [-0.4, -0.2) is 37.2 Å². The lowest BCUT2D eigenvalue weighted by atomic mass is 10.3. The Hall–Kier alpha value is -2.28. The highest BCUT2D eigenvalue weighted by molar-refractivity contribution is 6.30. The number of amides is 3. The largest absolute Gasteiger partial charge is 0.482 e. The van der Waals surface area contributed by atoms with Crippen LogP contribution < -0.4 is 15.4 Å². The number of imide groups is 1. The SMILES string of the molecule is CC[C@H](C)NC(=O)NC(=O)COC(=O)COc1ccc(Cl)cc1. The monoisotopic (exact) mass is 342 g/mol. The van der Waals surface area contributed by atoms with E-state index in [0.29, 0.717) is 10.8 Å². The lowest BCUT2D eigenvalue weighted by molar-refractivity contribution is -0.150. The van der Waals surface area contributed by atoms with E-state index in [1.807, 2.05) is 6.92 Å². The van der Waals surface area contributed by atoms with Crippen molar-refractivity contribution in [2.75, 3.05) is 13.2 Å². The van der Waals surface area contributed by atoms with E-state index in [1.54, 1.807) is 31.2 Å². The fraction of sp³-hybridized carbons (Fsp3) is 0.400. The number of carbonyl (C=O) groups is 3. The van der Waals surface area contributed by atoms with Gasteiger partial charge in [0.15, 0.2) is 13.2 Å². The number of urea groups is 1. The second-order valence-corrected chi connectivity index (χ2v) is 5.17. The molecule has 0 bridgehead atoms. The number of ether oxygens (including phenoxy) is 2. The molecule has 1 aromatic carbocycles. The highest BCUT2D eigenvalue weighted by Crippen LogP contribution is 2.15. The Balaban J connectivity index is 2.23. The molecule has 0 radical (unpaired) electrons. The molecular weight excluding hydrogens is 324 g/mol. The Bertz CT molecular complexity index is 547. The number of halogens is 1. The van der Waals surface area contributed by atoms with Crippen molar-refractivity contribution < 1.29 is 23.9 Å². The minimum Gasteiger partial charge on any atom is -0.482 e. The highest BCUT2D eigenvalue weighted by Gasteiger charge is 2.12. The Morgan fingerprint density at radius 3 is 2.43 bits per heavy atom. The fourth-order valence-electron chi connectivity index (χ4n) is 1.39. The fourth-order valence-corrected chi connectivity index (χ4v) is 1.51. The van der Waals surface area contributed by atoms with E-state index in [9.17, 15) is 14.4 Å². The van der Waals surface area contributed by atoms with Gasteiger partial charge in [0.1, 0.15) is 5.75 Å². The summed E-state index contributed by atoms with van der Waals surface area (Å²) in [6.45, 7) is 2.79. The Labute approximate surface area is 139 Å². The van der Waals surface area contributed by atoms with E-state index in [-0.39, 0.29) is 12.6 Å². The number of benzene rings is 1. The molecule has 0 aromatic heterocycles. The smallest absolute Gasteiger partial charge is 0.344 e. The topological polar surface area (TPSA) is 93.7 Å². The lowest BCUT2D eigenvalue weighted by Crippen LogP contribution is -2.44. The maximum absolute atomic E-state index is 11.4. The quantitative estimate of drug-likeness (QED) is 0.738. The number of esters is 1. The number of nitrogens with one attached hydrogen (secondary N) is 2. The molecule has 0 spiro atoms. The normalized spacial score (nSPS) is 11.3. The van der Waals surface area contributed by atoms with Crippen molar-refractivity contribution in [1.29, 1.82) is 0 Å². The summed E-state index contributed by atoms with van der Waals surface area (Å²) in [5, 5.41) is 5.16. The highest BCUT2D eigenvalue weighted by atomic mass is 35.5. The molecule has 0 aliphatic carbocycles. The number of carbonyl (C=O) groups excluding carboxylic acids is 3. The van der Waals surface area contributed by atoms with Crippen molar-refractivity contribution in [2.24, 2.45) is 0 Å². The number of hydrogen-bond donors (Lipinski definition) is 2. The zero-order valence-electron chi connectivity index (χ0n) is 12.9. The number of rotatable bonds is 7. The Kier molecular flexibility index (Phi) is 7.90. The van der Waals surface area contributed by atoms with Crippen LogP contribution in [0.4, 0.5) is 4.79 Å². The van der Waals surface area contributed by atoms with Crippen molar-refractivity contribution >= 4 is 29.5 Å². The van der Waals surface area contributed by atoms with E-state index in [0.717, 1.165) is 6.42 Å². The molecule has 1 aromatic rings. The molecule has 0 fully saturated rings. The first kappa shape index (κ1) is 18.8. The summed E-state index contributed by atoms with van der Waals surface area (Å²) in [5.41, 5.74) is 0. The zero-order valence-corrected chi connectivity index (χ0v) is 13.7. The third-order valence-corrected chi connectivity index (χ3v) is 3.03. The summed E-state index contributed by atoms with van der Waals surface area (Å²) in [5.74, 6) is -0.994. The maximum Gasteiger partial charge on any atom is 0.344 e. The van der Waals surface area contributed by atoms with Gasteiger partial charge in [-0.3, -0.25) is 10.1 Å². The molecule has 7 nitrogen and oxygen atoms in total. The zero-order chi connectivity index (χ0) is 17.2. The van der Waals surface area contributed by atoms with Crippen molar-refractivity contribution in [1.82, 2.24) is 10.6 Å². The molecule has 0 aliphatic heterocycles. The molecule has 1 atom stereocenters. The van der Waals surface area contributed by atoms with Crippen LogP contribution in [0.3, 0.4) is 0 Å². The van der Waals surface area contributed by atoms with Gasteiger partial charge in [0.05, 0.1) is 0 Å². The third-order valence-electron chi connectivity index (χ3n) is 2.78. The minimum atomic E-state index is -0.725. The first-order chi connectivity index (χ1) is 10.9. The van der Waals surface area contributed by atoms with Gasteiger partial charge in [0.2, 0.25) is 0 Å². The number of hydrogen-bond acceptors (Lipinski definition) is 5. The average molecular weight is 343 g/mol. The molecule has 0 saturated heterocycles. The molecule has 126 valence electrons. The predicted molar refractivity (Wildman–Crippen MR) is 84.3 cm³/mol. The molecule has 0 heterocycles. The standard InChI is InChI=1S/C15H19ClN2O5/c1-3-10(2)17-15(21)18-13(19)8-23-14(20)9-22-12-6-4-11(16)5-7-12/h4-7,10H,3,8-9H2,1-2H3,(H2,17,18,19,21)/t10-/m0/s1. The second-order valence-electron chi connectivity index (χ2n) is 4.73. The first-order valence-electron chi connectivity index (χ1n) is 7.05. The van der Waals surface area contributed by atoms with Crippen LogP contribution in [0.15, 0.2) is 24.3 Å². The van der Waals surface area contributed by atoms with Gasteiger partial charge in [0.25, 0.3) is 5.91 Å². The molecule has 8 heteroatoms. The van der Waals surface area contributed by atoms with Gasteiger partial charge in [0, 0.05) is 11.1 Å². The van der Waals surface area contributed by atoms with E-state index in [1.165, 1.54) is 0 Å². The van der Waals surface area contributed by atoms with Crippen LogP contribution in [0, 0.1) is 0 Å². The molecule has 3 amide bonds. The van der Waals surface area contributed by atoms with Gasteiger partial charge in [-0.05, 0) is 37.6 Å². The average Bonchev–Trinajstić information content (AvgIpc) is 2.52. The van der Waals surface area contributed by atoms with Crippen LogP contribution in [0.5, 0.6) is 5.75 Å². The summed E-state index contributed by atoms with van der Waals surface area (Å²) in [6, 6.07) is 5.75. The first-order valence-corrected chi connectivity index (χ1v) is 7.42. The van der Waals surface area contributed by atoms with Crippen LogP contribution in [0.1, 0.15) is 20.3 Å². The van der Waals surface area contributed by atoms with Crippen LogP contribution in [0.2, 0.25) is 5.02 Å². The van der Waals surface area contributed by atoms with Crippen LogP contribution in [-0.2, 0) is 14.3 Å². The molecule has 0 saturated carbocycles. The maximum atomic E-state index is 11.4. The van der Waals surface area contributed by atoms with Gasteiger partial charge in [-0.1, -0.05) is 18.5 Å². The van der Waals surface area contributed by atoms with Gasteiger partial charge in [-0.15, -0.1) is 0 Å². The summed E-state index contributed by atoms with van der Waals surface area (Å²) < 4.78 is 9.86. The van der Waals surface area contributed by atoms with Gasteiger partial charge < -0.3 is 14.8 Å². The molecular formula is C15H19ClN2O5. The van der Waals surface area contributed by atoms with Crippen molar-refractivity contribution in [3.8, 4) is 5.75 Å². The predicted octanol–water partition coefficient (Wildman–Crippen LogP) is 1.89. The molecule has 0 aliphatic rings. The van der Waals surface area contributed by atoms with E-state index >= 15 is 0 Å². The summed E-state index contributed by atoms with van der Waals surface area (Å²) in [7, 11) is 0. The van der Waals surface area contributed by atoms with Crippen molar-refractivity contribution in [3.05, 3.63) is 29.3 Å². The van der Waals surface area contributed by atoms with E-state index < -0.39 is 24.5 Å². The molecule has 1 rings (SSSR count). The van der Waals surface area contributed by atoms with Gasteiger partial charge in [-0.25, -0.2) is 9.59 Å². The van der Waals surface area contributed by atoms with Crippen molar-refractivity contribution in [2.45, 2.75) is 26.3 Å². The minimum absolute atomic E-state index is 0.0573. The molecule has 23 heavy (non-hydrogen) atoms. The Morgan fingerprint density at radius 1 is 1.17 bits per heavy atom. The van der Waals surface area contributed by atoms with Crippen LogP contribution in [0.25, 0.3) is 0 Å². The van der Waals surface area contributed by atoms with Gasteiger partial charge in [-0.2, -0.15) is 0 Å². The van der Waals surface area contributed by atoms with Gasteiger partial charge >= 0.3 is 12.0 Å². The summed E-state index contributed by atoms with van der Waals surface area (Å²) in [6.07, 6.45) is 0.735. The van der Waals surface area contributed by atoms with Crippen LogP contribution >= 0.6 is 11.6 Å². The molecule has 0 unspecified atom stereocenters. The van der Waals surface area contributed by atoms with E-state index in [2.05, 4.69) is 10.6 Å². The summed E-state index contributed by atoms with van der Waals surface area (Å²) >= 11 is 5.72. The summed E-state index contributed by atoms with van der Waals surface area (Å²) in [4.78, 5) is 34.3. The Morgan fingerprint density at radius 2 is 1.83 bits per heavy atom. The third kappa shape index (κ3) is 8.06. The van der Waals surface area contributed by atoms with Crippen molar-refractivity contribution in [3.63, 3.8) is 0 Å². The lowest BCUT2D eigenvalue weighted by Gasteiger charge is -2.12. The molecule has 2 N–H and O–H groups in total. The van der Waals surface area contributed by atoms with E-state index in [4.69, 9.17) is 21.1 Å². The second kappa shape index (κ2) is 9.68.